The van der Waals surface area contributed by atoms with Gasteiger partial charge >= 0.3 is 0 Å². The number of carbonyl (C=O) groups is 1. The van der Waals surface area contributed by atoms with Crippen molar-refractivity contribution < 1.29 is 9.53 Å². The highest BCUT2D eigenvalue weighted by Crippen LogP contribution is 2.35. The van der Waals surface area contributed by atoms with Crippen molar-refractivity contribution in [1.82, 2.24) is 9.88 Å². The van der Waals surface area contributed by atoms with Crippen molar-refractivity contribution in [3.63, 3.8) is 0 Å². The fraction of sp³-hybridized carbons (Fsp3) is 0.385. The van der Waals surface area contributed by atoms with Gasteiger partial charge in [0.05, 0.1) is 11.2 Å². The minimum absolute atomic E-state index is 0. The third-order valence-corrected chi connectivity index (χ3v) is 6.77. The van der Waals surface area contributed by atoms with Crippen LogP contribution in [0.3, 0.4) is 0 Å². The van der Waals surface area contributed by atoms with Gasteiger partial charge in [0, 0.05) is 56.0 Å². The number of pyridine rings is 1. The summed E-state index contributed by atoms with van der Waals surface area (Å²) in [6, 6.07) is 17.3. The molecule has 0 spiro atoms. The molecule has 0 radical (unpaired) electrons. The lowest BCUT2D eigenvalue weighted by Crippen LogP contribution is -2.52. The van der Waals surface area contributed by atoms with Crippen LogP contribution in [0.1, 0.15) is 18.2 Å². The number of nitrogens with zero attached hydrogens (tertiary/aromatic N) is 4. The lowest BCUT2D eigenvalue weighted by atomic mass is 10.1. The topological polar surface area (TPSA) is 48.9 Å². The molecule has 1 atom stereocenters. The summed E-state index contributed by atoms with van der Waals surface area (Å²) in [6.07, 6.45) is 0.910. The lowest BCUT2D eigenvalue weighted by molar-refractivity contribution is -0.121. The zero-order valence-corrected chi connectivity index (χ0v) is 20.3. The zero-order valence-electron chi connectivity index (χ0n) is 19.5. The average molecular weight is 467 g/mol. The molecule has 1 amide bonds. The largest absolute Gasteiger partial charge is 0.481 e. The highest BCUT2D eigenvalue weighted by atomic mass is 35.5. The van der Waals surface area contributed by atoms with E-state index in [1.807, 2.05) is 26.1 Å². The van der Waals surface area contributed by atoms with E-state index in [0.29, 0.717) is 6.04 Å². The van der Waals surface area contributed by atoms with Crippen molar-refractivity contribution in [2.45, 2.75) is 26.3 Å². The highest BCUT2D eigenvalue weighted by Gasteiger charge is 2.27. The van der Waals surface area contributed by atoms with E-state index in [1.54, 1.807) is 4.90 Å². The summed E-state index contributed by atoms with van der Waals surface area (Å²) in [4.78, 5) is 23.4. The van der Waals surface area contributed by atoms with Crippen molar-refractivity contribution in [3.05, 3.63) is 59.8 Å². The number of likely N-dealkylation sites (N-methyl/N-ethyl adjacent to an activating group) is 1. The smallest absolute Gasteiger partial charge is 0.264 e. The molecule has 0 N–H and O–H groups in total. The normalized spacial score (nSPS) is 18.6. The lowest BCUT2D eigenvalue weighted by Gasteiger charge is -2.41. The Labute approximate surface area is 201 Å². The maximum absolute atomic E-state index is 11.9. The molecule has 0 aliphatic carbocycles. The SMILES string of the molecule is Cc1ccc2c(N3CCN(CCc4cccc5c4OCC(=O)N5C)[C@H](C)C3)cccc2n1.Cl. The highest BCUT2D eigenvalue weighted by molar-refractivity contribution is 5.97. The molecule has 0 saturated carbocycles. The van der Waals surface area contributed by atoms with Gasteiger partial charge < -0.3 is 14.5 Å². The first-order chi connectivity index (χ1) is 15.5. The number of benzene rings is 2. The van der Waals surface area contributed by atoms with Crippen LogP contribution in [0, 0.1) is 6.92 Å². The molecule has 1 saturated heterocycles. The molecule has 1 fully saturated rings. The van der Waals surface area contributed by atoms with Gasteiger partial charge in [-0.15, -0.1) is 12.4 Å². The Balaban J connectivity index is 0.00000259. The van der Waals surface area contributed by atoms with Crippen LogP contribution in [-0.4, -0.2) is 61.7 Å². The molecule has 0 unspecified atom stereocenters. The van der Waals surface area contributed by atoms with Crippen LogP contribution >= 0.6 is 12.4 Å². The number of carbonyl (C=O) groups excluding carboxylic acids is 1. The van der Waals surface area contributed by atoms with Crippen molar-refractivity contribution in [2.75, 3.05) is 49.6 Å². The monoisotopic (exact) mass is 466 g/mol. The summed E-state index contributed by atoms with van der Waals surface area (Å²) < 4.78 is 5.80. The summed E-state index contributed by atoms with van der Waals surface area (Å²) in [7, 11) is 1.82. The predicted molar refractivity (Wildman–Crippen MR) is 136 cm³/mol. The number of aromatic nitrogens is 1. The number of anilines is 2. The third kappa shape index (κ3) is 4.50. The minimum Gasteiger partial charge on any atom is -0.481 e. The molecule has 2 aliphatic rings. The second kappa shape index (κ2) is 9.57. The van der Waals surface area contributed by atoms with Crippen LogP contribution in [0.2, 0.25) is 0 Å². The van der Waals surface area contributed by atoms with Crippen molar-refractivity contribution >= 4 is 40.6 Å². The van der Waals surface area contributed by atoms with Gasteiger partial charge in [0.1, 0.15) is 5.75 Å². The van der Waals surface area contributed by atoms with Gasteiger partial charge in [-0.1, -0.05) is 18.2 Å². The number of halogens is 1. The Kier molecular flexibility index (Phi) is 6.77. The molecule has 3 aromatic rings. The average Bonchev–Trinajstić information content (AvgIpc) is 2.80. The summed E-state index contributed by atoms with van der Waals surface area (Å²) in [5.41, 5.74) is 5.44. The standard InChI is InChI=1S/C26H30N4O2.ClH/c1-18-10-11-21-22(27-18)7-5-8-23(21)30-15-14-29(19(2)16-30)13-12-20-6-4-9-24-26(20)32-17-25(31)28(24)3;/h4-11,19H,12-17H2,1-3H3;1H/t19-;/m1./s1. The van der Waals surface area contributed by atoms with Gasteiger partial charge in [-0.3, -0.25) is 14.7 Å². The van der Waals surface area contributed by atoms with E-state index < -0.39 is 0 Å². The minimum atomic E-state index is -0.00168. The van der Waals surface area contributed by atoms with Crippen LogP contribution in [0.4, 0.5) is 11.4 Å². The fourth-order valence-electron chi connectivity index (χ4n) is 4.89. The molecule has 174 valence electrons. The number of piperazine rings is 1. The van der Waals surface area contributed by atoms with Crippen LogP contribution in [0.5, 0.6) is 5.75 Å². The van der Waals surface area contributed by atoms with Gasteiger partial charge in [-0.05, 0) is 56.2 Å². The van der Waals surface area contributed by atoms with Gasteiger partial charge in [0.25, 0.3) is 5.91 Å². The maximum Gasteiger partial charge on any atom is 0.264 e. The molecule has 2 aromatic carbocycles. The van der Waals surface area contributed by atoms with E-state index in [4.69, 9.17) is 9.72 Å². The van der Waals surface area contributed by atoms with E-state index in [-0.39, 0.29) is 24.9 Å². The third-order valence-electron chi connectivity index (χ3n) is 6.77. The molecule has 3 heterocycles. The Hall–Kier alpha value is -2.83. The second-order valence-corrected chi connectivity index (χ2v) is 8.88. The van der Waals surface area contributed by atoms with Crippen molar-refractivity contribution in [1.29, 1.82) is 0 Å². The van der Waals surface area contributed by atoms with Crippen molar-refractivity contribution in [3.8, 4) is 5.75 Å². The molecule has 5 rings (SSSR count). The molecular weight excluding hydrogens is 436 g/mol. The number of ether oxygens (including phenoxy) is 1. The van der Waals surface area contributed by atoms with Gasteiger partial charge in [-0.25, -0.2) is 0 Å². The van der Waals surface area contributed by atoms with E-state index in [1.165, 1.54) is 16.6 Å². The Morgan fingerprint density at radius 3 is 2.67 bits per heavy atom. The van der Waals surface area contributed by atoms with Crippen LogP contribution in [0.15, 0.2) is 48.5 Å². The number of rotatable bonds is 4. The number of amides is 1. The van der Waals surface area contributed by atoms with Gasteiger partial charge in [0.15, 0.2) is 6.61 Å². The summed E-state index contributed by atoms with van der Waals surface area (Å²) in [6.45, 7) is 8.45. The number of aryl methyl sites for hydroxylation is 1. The summed E-state index contributed by atoms with van der Waals surface area (Å²) in [5.74, 6) is 0.859. The van der Waals surface area contributed by atoms with Gasteiger partial charge in [-0.2, -0.15) is 0 Å². The maximum atomic E-state index is 11.9. The van der Waals surface area contributed by atoms with Crippen LogP contribution in [0.25, 0.3) is 10.9 Å². The number of hydrogen-bond donors (Lipinski definition) is 0. The van der Waals surface area contributed by atoms with Crippen LogP contribution < -0.4 is 14.5 Å². The quantitative estimate of drug-likeness (QED) is 0.580. The molecular formula is C26H31ClN4O2. The first-order valence-electron chi connectivity index (χ1n) is 11.4. The summed E-state index contributed by atoms with van der Waals surface area (Å²) >= 11 is 0. The first-order valence-corrected chi connectivity index (χ1v) is 11.4. The van der Waals surface area contributed by atoms with E-state index in [0.717, 1.165) is 55.2 Å². The first kappa shape index (κ1) is 23.3. The predicted octanol–water partition coefficient (Wildman–Crippen LogP) is 4.07. The molecule has 6 nitrogen and oxygen atoms in total. The zero-order chi connectivity index (χ0) is 22.2. The molecule has 2 aliphatic heterocycles. The summed E-state index contributed by atoms with van der Waals surface area (Å²) in [5, 5.41) is 1.23. The van der Waals surface area contributed by atoms with Crippen LogP contribution in [-0.2, 0) is 11.2 Å². The second-order valence-electron chi connectivity index (χ2n) is 8.88. The van der Waals surface area contributed by atoms with Crippen molar-refractivity contribution in [2.24, 2.45) is 0 Å². The Bertz CT molecular complexity index is 1170. The molecule has 1 aromatic heterocycles. The van der Waals surface area contributed by atoms with E-state index >= 15 is 0 Å². The number of fused-ring (bicyclic) bond motifs is 2. The van der Waals surface area contributed by atoms with Gasteiger partial charge in [0.2, 0.25) is 0 Å². The molecule has 7 heteroatoms. The number of para-hydroxylation sites is 1. The number of hydrogen-bond acceptors (Lipinski definition) is 5. The van der Waals surface area contributed by atoms with E-state index in [2.05, 4.69) is 53.1 Å². The molecule has 0 bridgehead atoms. The fourth-order valence-corrected chi connectivity index (χ4v) is 4.89. The van der Waals surface area contributed by atoms with E-state index in [9.17, 15) is 4.79 Å². The Morgan fingerprint density at radius 2 is 1.85 bits per heavy atom. The Morgan fingerprint density at radius 1 is 1.06 bits per heavy atom. The molecule has 33 heavy (non-hydrogen) atoms.